The molecular formula is C15H21N5O. The van der Waals surface area contributed by atoms with Gasteiger partial charge in [0.2, 0.25) is 5.88 Å². The Kier molecular flexibility index (Phi) is 4.57. The van der Waals surface area contributed by atoms with Crippen molar-refractivity contribution in [2.75, 3.05) is 17.7 Å². The van der Waals surface area contributed by atoms with Gasteiger partial charge in [0.05, 0.1) is 18.3 Å². The summed E-state index contributed by atoms with van der Waals surface area (Å²) in [7, 11) is 1.92. The summed E-state index contributed by atoms with van der Waals surface area (Å²) in [5, 5.41) is 0. The van der Waals surface area contributed by atoms with Gasteiger partial charge in [-0.3, -0.25) is 4.98 Å². The lowest BCUT2D eigenvalue weighted by atomic mass is 10.3. The third-order valence-corrected chi connectivity index (χ3v) is 2.88. The van der Waals surface area contributed by atoms with Gasteiger partial charge < -0.3 is 15.4 Å². The molecule has 0 atom stereocenters. The Bertz CT molecular complexity index is 615. The minimum absolute atomic E-state index is 0.0128. The second-order valence-corrected chi connectivity index (χ2v) is 5.21. The predicted molar refractivity (Wildman–Crippen MR) is 83.3 cm³/mol. The molecule has 2 rings (SSSR count). The molecule has 0 amide bonds. The van der Waals surface area contributed by atoms with Gasteiger partial charge in [-0.25, -0.2) is 4.98 Å². The van der Waals surface area contributed by atoms with E-state index < -0.39 is 0 Å². The Labute approximate surface area is 125 Å². The van der Waals surface area contributed by atoms with E-state index >= 15 is 0 Å². The highest BCUT2D eigenvalue weighted by Gasteiger charge is 2.14. The van der Waals surface area contributed by atoms with E-state index in [-0.39, 0.29) is 6.10 Å². The standard InChI is InChI=1S/C15H21N5O/c1-10(2)21-15-13(16)14(17-9-18-15)20(4)8-12-7-5-6-11(3)19-12/h5-7,9-10H,8,16H2,1-4H3. The third-order valence-electron chi connectivity index (χ3n) is 2.88. The Morgan fingerprint density at radius 1 is 1.29 bits per heavy atom. The summed E-state index contributed by atoms with van der Waals surface area (Å²) in [6.45, 7) is 6.45. The van der Waals surface area contributed by atoms with Crippen LogP contribution in [0.25, 0.3) is 0 Å². The molecule has 0 saturated heterocycles. The molecule has 0 aliphatic carbocycles. The van der Waals surface area contributed by atoms with E-state index in [1.807, 2.05) is 50.9 Å². The number of nitrogens with zero attached hydrogens (tertiary/aromatic N) is 4. The first-order valence-electron chi connectivity index (χ1n) is 6.88. The summed E-state index contributed by atoms with van der Waals surface area (Å²) < 4.78 is 5.59. The third kappa shape index (κ3) is 3.81. The first-order valence-corrected chi connectivity index (χ1v) is 6.88. The van der Waals surface area contributed by atoms with E-state index in [0.717, 1.165) is 11.4 Å². The fourth-order valence-electron chi connectivity index (χ4n) is 2.00. The van der Waals surface area contributed by atoms with Crippen LogP contribution < -0.4 is 15.4 Å². The van der Waals surface area contributed by atoms with Crippen molar-refractivity contribution in [3.05, 3.63) is 35.9 Å². The Morgan fingerprint density at radius 3 is 2.71 bits per heavy atom. The molecule has 0 aliphatic heterocycles. The number of nitrogen functional groups attached to an aromatic ring is 1. The Balaban J connectivity index is 2.21. The highest BCUT2D eigenvalue weighted by molar-refractivity contribution is 5.67. The normalized spacial score (nSPS) is 10.7. The smallest absolute Gasteiger partial charge is 0.242 e. The zero-order valence-corrected chi connectivity index (χ0v) is 12.9. The summed E-state index contributed by atoms with van der Waals surface area (Å²) in [5.41, 5.74) is 8.50. The van der Waals surface area contributed by atoms with Crippen LogP contribution in [0.5, 0.6) is 5.88 Å². The van der Waals surface area contributed by atoms with Crippen LogP contribution in [0.4, 0.5) is 11.5 Å². The predicted octanol–water partition coefficient (Wildman–Crippen LogP) is 2.19. The number of ether oxygens (including phenoxy) is 1. The topological polar surface area (TPSA) is 77.2 Å². The SMILES string of the molecule is Cc1cccc(CN(C)c2ncnc(OC(C)C)c2N)n1. The maximum Gasteiger partial charge on any atom is 0.242 e. The molecule has 2 heterocycles. The molecule has 0 bridgehead atoms. The summed E-state index contributed by atoms with van der Waals surface area (Å²) in [6.07, 6.45) is 1.47. The fourth-order valence-corrected chi connectivity index (χ4v) is 2.00. The summed E-state index contributed by atoms with van der Waals surface area (Å²) in [6, 6.07) is 5.94. The van der Waals surface area contributed by atoms with Crippen molar-refractivity contribution >= 4 is 11.5 Å². The van der Waals surface area contributed by atoms with Crippen molar-refractivity contribution in [3.63, 3.8) is 0 Å². The van der Waals surface area contributed by atoms with E-state index in [9.17, 15) is 0 Å². The lowest BCUT2D eigenvalue weighted by molar-refractivity contribution is 0.234. The van der Waals surface area contributed by atoms with E-state index in [0.29, 0.717) is 23.9 Å². The zero-order chi connectivity index (χ0) is 15.4. The number of hydrogen-bond donors (Lipinski definition) is 1. The van der Waals surface area contributed by atoms with E-state index in [1.165, 1.54) is 6.33 Å². The van der Waals surface area contributed by atoms with Crippen molar-refractivity contribution in [1.29, 1.82) is 0 Å². The van der Waals surface area contributed by atoms with Gasteiger partial charge in [0.15, 0.2) is 5.82 Å². The fraction of sp³-hybridized carbons (Fsp3) is 0.400. The van der Waals surface area contributed by atoms with E-state index in [4.69, 9.17) is 10.5 Å². The first kappa shape index (κ1) is 15.0. The summed E-state index contributed by atoms with van der Waals surface area (Å²) in [5.74, 6) is 1.06. The molecule has 21 heavy (non-hydrogen) atoms. The average molecular weight is 287 g/mol. The lowest BCUT2D eigenvalue weighted by Crippen LogP contribution is -2.21. The number of anilines is 2. The molecule has 6 nitrogen and oxygen atoms in total. The van der Waals surface area contributed by atoms with E-state index in [2.05, 4.69) is 15.0 Å². The largest absolute Gasteiger partial charge is 0.473 e. The zero-order valence-electron chi connectivity index (χ0n) is 12.9. The first-order chi connectivity index (χ1) is 9.97. The summed E-state index contributed by atoms with van der Waals surface area (Å²) >= 11 is 0. The van der Waals surface area contributed by atoms with Crippen molar-refractivity contribution in [2.24, 2.45) is 0 Å². The highest BCUT2D eigenvalue weighted by atomic mass is 16.5. The van der Waals surface area contributed by atoms with Crippen LogP contribution in [0, 0.1) is 6.92 Å². The molecule has 0 spiro atoms. The van der Waals surface area contributed by atoms with Crippen LogP contribution in [0.1, 0.15) is 25.2 Å². The monoisotopic (exact) mass is 287 g/mol. The second-order valence-electron chi connectivity index (χ2n) is 5.21. The Hall–Kier alpha value is -2.37. The van der Waals surface area contributed by atoms with Crippen LogP contribution in [-0.2, 0) is 6.54 Å². The van der Waals surface area contributed by atoms with Crippen LogP contribution in [-0.4, -0.2) is 28.1 Å². The number of aromatic nitrogens is 3. The molecule has 0 fully saturated rings. The van der Waals surface area contributed by atoms with Gasteiger partial charge in [-0.15, -0.1) is 0 Å². The molecular weight excluding hydrogens is 266 g/mol. The molecule has 0 saturated carbocycles. The Morgan fingerprint density at radius 2 is 2.05 bits per heavy atom. The van der Waals surface area contributed by atoms with Crippen molar-refractivity contribution in [3.8, 4) is 5.88 Å². The number of rotatable bonds is 5. The number of pyridine rings is 1. The second kappa shape index (κ2) is 6.39. The van der Waals surface area contributed by atoms with Crippen molar-refractivity contribution in [1.82, 2.24) is 15.0 Å². The molecule has 0 aliphatic rings. The maximum atomic E-state index is 6.10. The van der Waals surface area contributed by atoms with Crippen LogP contribution in [0.3, 0.4) is 0 Å². The lowest BCUT2D eigenvalue weighted by Gasteiger charge is -2.21. The van der Waals surface area contributed by atoms with E-state index in [1.54, 1.807) is 0 Å². The molecule has 2 aromatic heterocycles. The van der Waals surface area contributed by atoms with Crippen molar-refractivity contribution in [2.45, 2.75) is 33.4 Å². The quantitative estimate of drug-likeness (QED) is 0.908. The van der Waals surface area contributed by atoms with Gasteiger partial charge in [-0.1, -0.05) is 6.07 Å². The average Bonchev–Trinajstić information content (AvgIpc) is 2.40. The number of nitrogens with two attached hydrogens (primary N) is 1. The molecule has 6 heteroatoms. The van der Waals surface area contributed by atoms with Crippen LogP contribution >= 0.6 is 0 Å². The van der Waals surface area contributed by atoms with Gasteiger partial charge in [0.1, 0.15) is 12.0 Å². The van der Waals surface area contributed by atoms with Gasteiger partial charge in [-0.05, 0) is 32.9 Å². The van der Waals surface area contributed by atoms with Gasteiger partial charge in [0.25, 0.3) is 0 Å². The highest BCUT2D eigenvalue weighted by Crippen LogP contribution is 2.28. The summed E-state index contributed by atoms with van der Waals surface area (Å²) in [4.78, 5) is 14.7. The molecule has 2 N–H and O–H groups in total. The van der Waals surface area contributed by atoms with Crippen LogP contribution in [0.2, 0.25) is 0 Å². The van der Waals surface area contributed by atoms with Gasteiger partial charge in [-0.2, -0.15) is 4.98 Å². The number of hydrogen-bond acceptors (Lipinski definition) is 6. The molecule has 0 unspecified atom stereocenters. The maximum absolute atomic E-state index is 6.10. The molecule has 0 aromatic carbocycles. The molecule has 112 valence electrons. The van der Waals surface area contributed by atoms with Crippen molar-refractivity contribution < 1.29 is 4.74 Å². The minimum atomic E-state index is 0.0128. The minimum Gasteiger partial charge on any atom is -0.473 e. The van der Waals surface area contributed by atoms with Gasteiger partial charge >= 0.3 is 0 Å². The molecule has 0 radical (unpaired) electrons. The van der Waals surface area contributed by atoms with Crippen LogP contribution in [0.15, 0.2) is 24.5 Å². The molecule has 2 aromatic rings. The number of aryl methyl sites for hydroxylation is 1. The van der Waals surface area contributed by atoms with Gasteiger partial charge in [0, 0.05) is 12.7 Å².